The molecule has 0 aliphatic heterocycles. The van der Waals surface area contributed by atoms with Gasteiger partial charge in [0.15, 0.2) is 0 Å². The zero-order valence-electron chi connectivity index (χ0n) is 13.7. The summed E-state index contributed by atoms with van der Waals surface area (Å²) in [6, 6.07) is 6.23. The number of carbonyl (C=O) groups is 1. The van der Waals surface area contributed by atoms with Gasteiger partial charge in [-0.1, -0.05) is 34.1 Å². The van der Waals surface area contributed by atoms with Crippen molar-refractivity contribution in [2.24, 2.45) is 5.92 Å². The van der Waals surface area contributed by atoms with Crippen LogP contribution in [0.15, 0.2) is 24.3 Å². The lowest BCUT2D eigenvalue weighted by atomic mass is 9.85. The van der Waals surface area contributed by atoms with Gasteiger partial charge < -0.3 is 9.84 Å². The van der Waals surface area contributed by atoms with E-state index in [1.165, 1.54) is 12.1 Å². The van der Waals surface area contributed by atoms with E-state index in [1.807, 2.05) is 0 Å². The summed E-state index contributed by atoms with van der Waals surface area (Å²) in [7, 11) is 0. The van der Waals surface area contributed by atoms with Crippen LogP contribution in [0.3, 0.4) is 0 Å². The average Bonchev–Trinajstić information content (AvgIpc) is 2.44. The normalized spacial score (nSPS) is 14.0. The molecule has 0 bridgehead atoms. The van der Waals surface area contributed by atoms with Crippen molar-refractivity contribution in [1.29, 1.82) is 0 Å². The Kier molecular flexibility index (Phi) is 6.73. The quantitative estimate of drug-likeness (QED) is 0.691. The number of esters is 1. The minimum Gasteiger partial charge on any atom is -0.508 e. The van der Waals surface area contributed by atoms with E-state index in [2.05, 4.69) is 27.7 Å². The van der Waals surface area contributed by atoms with Gasteiger partial charge in [-0.15, -0.1) is 0 Å². The first kappa shape index (κ1) is 17.5. The molecule has 0 spiro atoms. The molecular weight excluding hydrogens is 264 g/mol. The minimum atomic E-state index is -0.376. The van der Waals surface area contributed by atoms with Crippen molar-refractivity contribution in [1.82, 2.24) is 0 Å². The lowest BCUT2D eigenvalue weighted by molar-refractivity contribution is -0.0368. The van der Waals surface area contributed by atoms with Crippen LogP contribution in [0.1, 0.15) is 70.2 Å². The molecule has 1 atom stereocenters. The Morgan fingerprint density at radius 1 is 1.24 bits per heavy atom. The van der Waals surface area contributed by atoms with Crippen molar-refractivity contribution in [3.63, 3.8) is 0 Å². The molecule has 0 aromatic heterocycles. The zero-order chi connectivity index (χ0) is 15.9. The summed E-state index contributed by atoms with van der Waals surface area (Å²) in [5.41, 5.74) is 0.116. The number of rotatable bonds is 8. The summed E-state index contributed by atoms with van der Waals surface area (Å²) in [6.45, 7) is 8.55. The van der Waals surface area contributed by atoms with Crippen LogP contribution >= 0.6 is 0 Å². The van der Waals surface area contributed by atoms with Crippen LogP contribution < -0.4 is 0 Å². The number of carbonyl (C=O) groups excluding carboxylic acids is 1. The molecule has 0 amide bonds. The summed E-state index contributed by atoms with van der Waals surface area (Å²) in [6.07, 6.45) is 4.77. The predicted molar refractivity (Wildman–Crippen MR) is 85.5 cm³/mol. The van der Waals surface area contributed by atoms with Gasteiger partial charge in [-0.2, -0.15) is 0 Å². The Hall–Kier alpha value is -1.51. The SMILES string of the molecule is CCCCC(CC)(CC(C)C)OC(=O)c1ccc(O)cc1. The summed E-state index contributed by atoms with van der Waals surface area (Å²) in [4.78, 5) is 12.4. The Balaban J connectivity index is 2.87. The summed E-state index contributed by atoms with van der Waals surface area (Å²) in [5.74, 6) is 0.337. The first-order chi connectivity index (χ1) is 9.92. The highest BCUT2D eigenvalue weighted by Gasteiger charge is 2.33. The molecule has 3 nitrogen and oxygen atoms in total. The summed E-state index contributed by atoms with van der Waals surface area (Å²) >= 11 is 0. The molecule has 0 aliphatic rings. The molecule has 1 N–H and O–H groups in total. The van der Waals surface area contributed by atoms with Crippen LogP contribution in [-0.4, -0.2) is 16.7 Å². The number of phenolic OH excluding ortho intramolecular Hbond substituents is 1. The lowest BCUT2D eigenvalue weighted by Crippen LogP contribution is -2.36. The Bertz CT molecular complexity index is 436. The van der Waals surface area contributed by atoms with Crippen molar-refractivity contribution in [2.45, 2.75) is 65.4 Å². The fourth-order valence-corrected chi connectivity index (χ4v) is 2.68. The van der Waals surface area contributed by atoms with Crippen molar-refractivity contribution in [2.75, 3.05) is 0 Å². The largest absolute Gasteiger partial charge is 0.508 e. The van der Waals surface area contributed by atoms with Gasteiger partial charge >= 0.3 is 5.97 Å². The number of hydrogen-bond donors (Lipinski definition) is 1. The number of phenols is 1. The van der Waals surface area contributed by atoms with Crippen LogP contribution in [0.2, 0.25) is 0 Å². The standard InChI is InChI=1S/C18H28O3/c1-5-7-12-18(6-2,13-14(3)4)21-17(20)15-8-10-16(19)11-9-15/h8-11,14,19H,5-7,12-13H2,1-4H3. The monoisotopic (exact) mass is 292 g/mol. The first-order valence-electron chi connectivity index (χ1n) is 7.95. The van der Waals surface area contributed by atoms with E-state index in [0.29, 0.717) is 11.5 Å². The van der Waals surface area contributed by atoms with Crippen molar-refractivity contribution >= 4 is 5.97 Å². The van der Waals surface area contributed by atoms with E-state index in [9.17, 15) is 9.90 Å². The van der Waals surface area contributed by atoms with Gasteiger partial charge in [-0.3, -0.25) is 0 Å². The molecule has 0 aliphatic carbocycles. The predicted octanol–water partition coefficient (Wildman–Crippen LogP) is 4.93. The van der Waals surface area contributed by atoms with Crippen molar-refractivity contribution in [3.8, 4) is 5.75 Å². The first-order valence-corrected chi connectivity index (χ1v) is 7.95. The molecular formula is C18H28O3. The molecule has 1 unspecified atom stereocenters. The van der Waals surface area contributed by atoms with E-state index in [-0.39, 0.29) is 17.3 Å². The van der Waals surface area contributed by atoms with E-state index in [4.69, 9.17) is 4.74 Å². The van der Waals surface area contributed by atoms with Crippen LogP contribution in [0, 0.1) is 5.92 Å². The maximum Gasteiger partial charge on any atom is 0.338 e. The summed E-state index contributed by atoms with van der Waals surface area (Å²) in [5, 5.41) is 9.30. The fourth-order valence-electron chi connectivity index (χ4n) is 2.68. The van der Waals surface area contributed by atoms with Gasteiger partial charge in [0.2, 0.25) is 0 Å². The average molecular weight is 292 g/mol. The van der Waals surface area contributed by atoms with Crippen LogP contribution in [0.5, 0.6) is 5.75 Å². The van der Waals surface area contributed by atoms with Crippen LogP contribution in [0.4, 0.5) is 0 Å². The second-order valence-electron chi connectivity index (χ2n) is 6.17. The van der Waals surface area contributed by atoms with Gasteiger partial charge in [-0.05, 0) is 55.9 Å². The second kappa shape index (κ2) is 8.06. The Morgan fingerprint density at radius 3 is 2.33 bits per heavy atom. The number of benzene rings is 1. The summed E-state index contributed by atoms with van der Waals surface area (Å²) < 4.78 is 5.91. The van der Waals surface area contributed by atoms with Crippen molar-refractivity contribution < 1.29 is 14.6 Å². The molecule has 0 radical (unpaired) electrons. The maximum absolute atomic E-state index is 12.4. The molecule has 1 rings (SSSR count). The number of hydrogen-bond acceptors (Lipinski definition) is 3. The van der Waals surface area contributed by atoms with Crippen LogP contribution in [0.25, 0.3) is 0 Å². The maximum atomic E-state index is 12.4. The van der Waals surface area contributed by atoms with Crippen LogP contribution in [-0.2, 0) is 4.74 Å². The zero-order valence-corrected chi connectivity index (χ0v) is 13.7. The van der Waals surface area contributed by atoms with Gasteiger partial charge in [-0.25, -0.2) is 4.79 Å². The third-order valence-electron chi connectivity index (χ3n) is 3.82. The minimum absolute atomic E-state index is 0.154. The highest BCUT2D eigenvalue weighted by atomic mass is 16.6. The molecule has 3 heteroatoms. The second-order valence-corrected chi connectivity index (χ2v) is 6.17. The molecule has 118 valence electrons. The third-order valence-corrected chi connectivity index (χ3v) is 3.82. The molecule has 21 heavy (non-hydrogen) atoms. The Labute approximate surface area is 128 Å². The number of ether oxygens (including phenoxy) is 1. The number of unbranched alkanes of at least 4 members (excludes halogenated alkanes) is 1. The molecule has 0 fully saturated rings. The lowest BCUT2D eigenvalue weighted by Gasteiger charge is -2.34. The number of aromatic hydroxyl groups is 1. The van der Waals surface area contributed by atoms with Gasteiger partial charge in [0.25, 0.3) is 0 Å². The van der Waals surface area contributed by atoms with E-state index >= 15 is 0 Å². The Morgan fingerprint density at radius 2 is 1.86 bits per heavy atom. The van der Waals surface area contributed by atoms with E-state index < -0.39 is 0 Å². The highest BCUT2D eigenvalue weighted by molar-refractivity contribution is 5.89. The molecule has 1 aromatic rings. The molecule has 1 aromatic carbocycles. The van der Waals surface area contributed by atoms with E-state index in [0.717, 1.165) is 32.1 Å². The van der Waals surface area contributed by atoms with Gasteiger partial charge in [0.1, 0.15) is 11.4 Å². The fraction of sp³-hybridized carbons (Fsp3) is 0.611. The molecule has 0 saturated carbocycles. The smallest absolute Gasteiger partial charge is 0.338 e. The van der Waals surface area contributed by atoms with E-state index in [1.54, 1.807) is 12.1 Å². The topological polar surface area (TPSA) is 46.5 Å². The third kappa shape index (κ3) is 5.41. The highest BCUT2D eigenvalue weighted by Crippen LogP contribution is 2.32. The van der Waals surface area contributed by atoms with Crippen molar-refractivity contribution in [3.05, 3.63) is 29.8 Å². The van der Waals surface area contributed by atoms with Gasteiger partial charge in [0, 0.05) is 0 Å². The van der Waals surface area contributed by atoms with Gasteiger partial charge in [0.05, 0.1) is 5.56 Å². The molecule has 0 saturated heterocycles. The molecule has 0 heterocycles.